The largest absolute Gasteiger partial charge is 0.458 e. The van der Waals surface area contributed by atoms with E-state index in [1.165, 1.54) is 4.68 Å². The Balaban J connectivity index is 2.47. The molecule has 2 rings (SSSR count). The van der Waals surface area contributed by atoms with Crippen LogP contribution in [0.1, 0.15) is 26.8 Å². The molecule has 0 aliphatic carbocycles. The Bertz CT molecular complexity index is 690. The Morgan fingerprint density at radius 3 is 2.62 bits per heavy atom. The number of carbonyl (C=O) groups is 1. The summed E-state index contributed by atoms with van der Waals surface area (Å²) in [6.45, 7) is 5.57. The Labute approximate surface area is 126 Å². The monoisotopic (exact) mass is 315 g/mol. The van der Waals surface area contributed by atoms with Crippen LogP contribution in [0.15, 0.2) is 21.7 Å². The number of hydrogen-bond acceptors (Lipinski definition) is 4. The van der Waals surface area contributed by atoms with Crippen molar-refractivity contribution in [2.75, 3.05) is 5.88 Å². The van der Waals surface area contributed by atoms with Crippen LogP contribution in [0.4, 0.5) is 0 Å². The lowest BCUT2D eigenvalue weighted by Crippen LogP contribution is -2.39. The minimum absolute atomic E-state index is 0.104. The summed E-state index contributed by atoms with van der Waals surface area (Å²) in [5, 5.41) is 0. The van der Waals surface area contributed by atoms with E-state index in [4.69, 9.17) is 16.3 Å². The first-order valence-corrected chi connectivity index (χ1v) is 7.17. The third kappa shape index (κ3) is 2.97. The van der Waals surface area contributed by atoms with Gasteiger partial charge >= 0.3 is 17.3 Å². The van der Waals surface area contributed by atoms with Crippen LogP contribution in [0.25, 0.3) is 0 Å². The number of rotatable bonds is 3. The maximum Gasteiger partial charge on any atom is 0.348 e. The molecular weight excluding hydrogens is 298 g/mol. The summed E-state index contributed by atoms with van der Waals surface area (Å²) in [6, 6.07) is -0.935. The minimum Gasteiger partial charge on any atom is -0.458 e. The zero-order chi connectivity index (χ0) is 15.8. The molecule has 0 bridgehead atoms. The fourth-order valence-corrected chi connectivity index (χ4v) is 2.33. The summed E-state index contributed by atoms with van der Waals surface area (Å²) in [7, 11) is 0. The molecule has 0 radical (unpaired) electrons. The Kier molecular flexibility index (Phi) is 4.13. The van der Waals surface area contributed by atoms with Crippen molar-refractivity contribution in [3.63, 3.8) is 0 Å². The minimum atomic E-state index is -0.935. The van der Waals surface area contributed by atoms with Gasteiger partial charge in [0, 0.05) is 12.4 Å². The number of nitrogens with zero attached hydrogens (tertiary/aromatic N) is 3. The average molecular weight is 316 g/mol. The van der Waals surface area contributed by atoms with Crippen LogP contribution in [-0.2, 0) is 22.6 Å². The van der Waals surface area contributed by atoms with Crippen molar-refractivity contribution >= 4 is 17.6 Å². The highest BCUT2D eigenvalue weighted by Crippen LogP contribution is 2.17. The molecule has 116 valence electrons. The number of fused-ring (bicyclic) bond motifs is 1. The first kappa shape index (κ1) is 15.6. The van der Waals surface area contributed by atoms with E-state index >= 15 is 0 Å². The van der Waals surface area contributed by atoms with Gasteiger partial charge in [-0.1, -0.05) is 12.2 Å². The van der Waals surface area contributed by atoms with Crippen LogP contribution >= 0.6 is 11.6 Å². The van der Waals surface area contributed by atoms with Gasteiger partial charge in [0.05, 0.1) is 6.54 Å². The second-order valence-corrected chi connectivity index (χ2v) is 6.12. The molecule has 7 nitrogen and oxygen atoms in total. The van der Waals surface area contributed by atoms with Crippen LogP contribution < -0.4 is 11.4 Å². The van der Waals surface area contributed by atoms with E-state index in [2.05, 4.69) is 0 Å². The highest BCUT2D eigenvalue weighted by molar-refractivity contribution is 6.17. The Morgan fingerprint density at radius 1 is 1.38 bits per heavy atom. The van der Waals surface area contributed by atoms with Gasteiger partial charge in [-0.3, -0.25) is 0 Å². The number of alkyl halides is 1. The topological polar surface area (TPSA) is 75.2 Å². The number of carbonyl (C=O) groups excluding carboxylic acids is 1. The van der Waals surface area contributed by atoms with E-state index in [-0.39, 0.29) is 19.0 Å². The third-order valence-electron chi connectivity index (χ3n) is 2.96. The number of aromatic nitrogens is 3. The van der Waals surface area contributed by atoms with Gasteiger partial charge in [-0.2, -0.15) is 0 Å². The summed E-state index contributed by atoms with van der Waals surface area (Å²) in [5.41, 5.74) is -1.70. The SMILES string of the molecule is CC(C)(C)OC(=O)C1C=CCn2c(=O)n(CCCl)c(=O)n21. The van der Waals surface area contributed by atoms with Crippen molar-refractivity contribution in [2.24, 2.45) is 0 Å². The van der Waals surface area contributed by atoms with Gasteiger partial charge in [-0.05, 0) is 20.8 Å². The number of halogens is 1. The smallest absolute Gasteiger partial charge is 0.348 e. The van der Waals surface area contributed by atoms with E-state index in [9.17, 15) is 14.4 Å². The predicted molar refractivity (Wildman–Crippen MR) is 77.7 cm³/mol. The molecule has 21 heavy (non-hydrogen) atoms. The third-order valence-corrected chi connectivity index (χ3v) is 3.12. The zero-order valence-electron chi connectivity index (χ0n) is 12.2. The molecule has 0 saturated heterocycles. The molecule has 1 aromatic rings. The number of allylic oxidation sites excluding steroid dienone is 1. The lowest BCUT2D eigenvalue weighted by atomic mass is 10.2. The molecule has 0 N–H and O–H groups in total. The van der Waals surface area contributed by atoms with E-state index < -0.39 is 29.0 Å². The molecule has 1 aliphatic heterocycles. The van der Waals surface area contributed by atoms with E-state index in [1.807, 2.05) is 0 Å². The van der Waals surface area contributed by atoms with Crippen LogP contribution in [-0.4, -0.2) is 31.4 Å². The van der Waals surface area contributed by atoms with Crippen molar-refractivity contribution in [3.05, 3.63) is 33.1 Å². The maximum atomic E-state index is 12.3. The van der Waals surface area contributed by atoms with E-state index in [1.54, 1.807) is 32.9 Å². The fourth-order valence-electron chi connectivity index (χ4n) is 2.16. The average Bonchev–Trinajstić information content (AvgIpc) is 2.62. The molecule has 0 fully saturated rings. The molecule has 0 aromatic carbocycles. The van der Waals surface area contributed by atoms with Crippen LogP contribution in [0.2, 0.25) is 0 Å². The Hall–Kier alpha value is -1.76. The standard InChI is InChI=1S/C13H18ClN3O4/c1-13(2,3)21-10(18)9-5-4-7-16-11(19)15(8-6-14)12(20)17(9)16/h4-5,9H,6-8H2,1-3H3. The quantitative estimate of drug-likeness (QED) is 0.462. The first-order valence-electron chi connectivity index (χ1n) is 6.64. The molecule has 1 unspecified atom stereocenters. The van der Waals surface area contributed by atoms with Gasteiger partial charge in [0.2, 0.25) is 0 Å². The lowest BCUT2D eigenvalue weighted by molar-refractivity contribution is -0.158. The summed E-state index contributed by atoms with van der Waals surface area (Å²) < 4.78 is 8.68. The first-order chi connectivity index (χ1) is 9.76. The van der Waals surface area contributed by atoms with Crippen molar-refractivity contribution in [3.8, 4) is 0 Å². The summed E-state index contributed by atoms with van der Waals surface area (Å²) in [5.74, 6) is -0.429. The highest BCUT2D eigenvalue weighted by atomic mass is 35.5. The molecule has 1 atom stereocenters. The van der Waals surface area contributed by atoms with Gasteiger partial charge in [-0.25, -0.2) is 28.3 Å². The second-order valence-electron chi connectivity index (χ2n) is 5.74. The molecular formula is C13H18ClN3O4. The van der Waals surface area contributed by atoms with Crippen molar-refractivity contribution < 1.29 is 9.53 Å². The van der Waals surface area contributed by atoms with Gasteiger partial charge in [0.25, 0.3) is 0 Å². The van der Waals surface area contributed by atoms with E-state index in [0.29, 0.717) is 0 Å². The van der Waals surface area contributed by atoms with Crippen molar-refractivity contribution in [1.29, 1.82) is 0 Å². The van der Waals surface area contributed by atoms with Crippen LogP contribution in [0, 0.1) is 0 Å². The van der Waals surface area contributed by atoms with Crippen molar-refractivity contribution in [1.82, 2.24) is 13.9 Å². The predicted octanol–water partition coefficient (Wildman–Crippen LogP) is 0.503. The molecule has 0 amide bonds. The van der Waals surface area contributed by atoms with Crippen LogP contribution in [0.5, 0.6) is 0 Å². The van der Waals surface area contributed by atoms with Gasteiger partial charge in [0.15, 0.2) is 6.04 Å². The van der Waals surface area contributed by atoms with Crippen LogP contribution in [0.3, 0.4) is 0 Å². The fraction of sp³-hybridized carbons (Fsp3) is 0.615. The van der Waals surface area contributed by atoms with E-state index in [0.717, 1.165) is 9.25 Å². The lowest BCUT2D eigenvalue weighted by Gasteiger charge is -2.25. The molecule has 1 aliphatic rings. The molecule has 8 heteroatoms. The summed E-state index contributed by atoms with van der Waals surface area (Å²) >= 11 is 5.61. The van der Waals surface area contributed by atoms with Gasteiger partial charge in [-0.15, -0.1) is 11.6 Å². The summed E-state index contributed by atoms with van der Waals surface area (Å²) in [4.78, 5) is 36.7. The molecule has 2 heterocycles. The van der Waals surface area contributed by atoms with Crippen molar-refractivity contribution in [2.45, 2.75) is 45.5 Å². The molecule has 1 aromatic heterocycles. The maximum absolute atomic E-state index is 12.3. The highest BCUT2D eigenvalue weighted by Gasteiger charge is 2.31. The number of hydrogen-bond donors (Lipinski definition) is 0. The molecule has 0 saturated carbocycles. The van der Waals surface area contributed by atoms with Gasteiger partial charge < -0.3 is 4.74 Å². The summed E-state index contributed by atoms with van der Waals surface area (Å²) in [6.07, 6.45) is 3.24. The second kappa shape index (κ2) is 5.55. The Morgan fingerprint density at radius 2 is 2.05 bits per heavy atom. The molecule has 0 spiro atoms. The number of esters is 1. The van der Waals surface area contributed by atoms with Gasteiger partial charge in [0.1, 0.15) is 5.60 Å². The number of ether oxygens (including phenoxy) is 1. The zero-order valence-corrected chi connectivity index (χ0v) is 13.0. The normalized spacial score (nSPS) is 17.6.